The Hall–Kier alpha value is -4.21. The highest BCUT2D eigenvalue weighted by molar-refractivity contribution is 7.13. The van der Waals surface area contributed by atoms with Gasteiger partial charge in [-0.2, -0.15) is 5.26 Å². The van der Waals surface area contributed by atoms with Gasteiger partial charge in [0.2, 0.25) is 0 Å². The first kappa shape index (κ1) is 26.4. The SMILES string of the molecule is CCCCC1=C(Cc2ccc(-c3ccccc3C#N)cc2)C(=O)NC(C)N1Cc1csc(-c2ccccc2)n1. The molecule has 0 fully saturated rings. The number of allylic oxidation sites excluding steroid dienone is 1. The smallest absolute Gasteiger partial charge is 0.250 e. The standard InChI is InChI=1S/C33H32N4OS/c1-3-4-14-31-30(19-24-15-17-25(18-16-24)29-13-9-8-12-27(29)20-34)32(38)35-23(2)37(31)21-28-22-39-33(36-28)26-10-6-5-7-11-26/h5-13,15-18,22-23H,3-4,14,19,21H2,1-2H3,(H,35,38). The summed E-state index contributed by atoms with van der Waals surface area (Å²) >= 11 is 1.66. The van der Waals surface area contributed by atoms with Crippen LogP contribution in [0.15, 0.2) is 95.5 Å². The minimum absolute atomic E-state index is 0.00649. The van der Waals surface area contributed by atoms with Crippen molar-refractivity contribution in [3.63, 3.8) is 0 Å². The fraction of sp³-hybridized carbons (Fsp3) is 0.242. The maximum Gasteiger partial charge on any atom is 0.250 e. The van der Waals surface area contributed by atoms with Crippen LogP contribution in [0.3, 0.4) is 0 Å². The Balaban J connectivity index is 1.42. The number of carbonyl (C=O) groups is 1. The minimum atomic E-state index is -0.111. The number of hydrogen-bond donors (Lipinski definition) is 1. The Morgan fingerprint density at radius 2 is 1.74 bits per heavy atom. The summed E-state index contributed by atoms with van der Waals surface area (Å²) < 4.78 is 0. The Kier molecular flexibility index (Phi) is 8.19. The molecule has 1 aliphatic heterocycles. The third kappa shape index (κ3) is 5.94. The highest BCUT2D eigenvalue weighted by Gasteiger charge is 2.30. The Labute approximate surface area is 234 Å². The van der Waals surface area contributed by atoms with Crippen LogP contribution < -0.4 is 5.32 Å². The summed E-state index contributed by atoms with van der Waals surface area (Å²) in [5, 5.41) is 15.8. The predicted octanol–water partition coefficient (Wildman–Crippen LogP) is 7.31. The molecule has 1 amide bonds. The Bertz CT molecular complexity index is 1520. The molecular formula is C33H32N4OS. The van der Waals surface area contributed by atoms with E-state index in [1.54, 1.807) is 11.3 Å². The molecule has 39 heavy (non-hydrogen) atoms. The fourth-order valence-corrected chi connectivity index (χ4v) is 5.87. The molecule has 0 bridgehead atoms. The molecule has 1 unspecified atom stereocenters. The van der Waals surface area contributed by atoms with Gasteiger partial charge in [0.15, 0.2) is 0 Å². The molecule has 196 valence electrons. The van der Waals surface area contributed by atoms with Crippen LogP contribution in [0.5, 0.6) is 0 Å². The lowest BCUT2D eigenvalue weighted by molar-refractivity contribution is -0.120. The van der Waals surface area contributed by atoms with Crippen LogP contribution in [0.1, 0.15) is 49.9 Å². The number of hydrogen-bond acceptors (Lipinski definition) is 5. The van der Waals surface area contributed by atoms with E-state index in [4.69, 9.17) is 4.98 Å². The van der Waals surface area contributed by atoms with Crippen molar-refractivity contribution in [1.29, 1.82) is 5.26 Å². The van der Waals surface area contributed by atoms with Gasteiger partial charge in [0.05, 0.1) is 30.0 Å². The number of benzene rings is 3. The molecule has 1 atom stereocenters. The molecule has 0 saturated carbocycles. The molecule has 4 aromatic rings. The molecule has 3 aromatic carbocycles. The summed E-state index contributed by atoms with van der Waals surface area (Å²) in [5.74, 6) is 0.00649. The largest absolute Gasteiger partial charge is 0.349 e. The zero-order valence-corrected chi connectivity index (χ0v) is 23.2. The lowest BCUT2D eigenvalue weighted by atomic mass is 9.94. The maximum absolute atomic E-state index is 13.3. The van der Waals surface area contributed by atoms with Crippen molar-refractivity contribution in [3.05, 3.63) is 112 Å². The number of carbonyl (C=O) groups excluding carboxylic acids is 1. The van der Waals surface area contributed by atoms with E-state index in [9.17, 15) is 10.1 Å². The van der Waals surface area contributed by atoms with E-state index in [-0.39, 0.29) is 12.1 Å². The van der Waals surface area contributed by atoms with Crippen molar-refractivity contribution in [1.82, 2.24) is 15.2 Å². The van der Waals surface area contributed by atoms with Gasteiger partial charge in [0.25, 0.3) is 5.91 Å². The summed E-state index contributed by atoms with van der Waals surface area (Å²) in [6.45, 7) is 4.88. The van der Waals surface area contributed by atoms with E-state index >= 15 is 0 Å². The first-order valence-electron chi connectivity index (χ1n) is 13.4. The second-order valence-electron chi connectivity index (χ2n) is 9.85. The van der Waals surface area contributed by atoms with Gasteiger partial charge < -0.3 is 10.2 Å². The van der Waals surface area contributed by atoms with Crippen LogP contribution in [0.2, 0.25) is 0 Å². The summed E-state index contributed by atoms with van der Waals surface area (Å²) in [6.07, 6.45) is 3.38. The summed E-state index contributed by atoms with van der Waals surface area (Å²) in [7, 11) is 0. The number of rotatable bonds is 9. The first-order chi connectivity index (χ1) is 19.1. The predicted molar refractivity (Wildman–Crippen MR) is 158 cm³/mol. The van der Waals surface area contributed by atoms with Gasteiger partial charge in [-0.25, -0.2) is 4.98 Å². The van der Waals surface area contributed by atoms with Gasteiger partial charge in [0, 0.05) is 28.6 Å². The Morgan fingerprint density at radius 3 is 2.49 bits per heavy atom. The van der Waals surface area contributed by atoms with Gasteiger partial charge in [-0.1, -0.05) is 86.1 Å². The van der Waals surface area contributed by atoms with Crippen molar-refractivity contribution >= 4 is 17.2 Å². The molecule has 0 saturated heterocycles. The van der Waals surface area contributed by atoms with E-state index in [1.807, 2.05) is 61.5 Å². The summed E-state index contributed by atoms with van der Waals surface area (Å²) in [4.78, 5) is 20.5. The molecule has 0 aliphatic carbocycles. The lowest BCUT2D eigenvalue weighted by Gasteiger charge is -2.39. The van der Waals surface area contributed by atoms with Gasteiger partial charge in [-0.05, 0) is 42.5 Å². The van der Waals surface area contributed by atoms with Crippen LogP contribution in [-0.4, -0.2) is 22.0 Å². The van der Waals surface area contributed by atoms with Gasteiger partial charge in [0.1, 0.15) is 5.01 Å². The number of aromatic nitrogens is 1. The van der Waals surface area contributed by atoms with Crippen molar-refractivity contribution in [2.75, 3.05) is 0 Å². The quantitative estimate of drug-likeness (QED) is 0.245. The van der Waals surface area contributed by atoms with E-state index in [1.165, 1.54) is 0 Å². The van der Waals surface area contributed by atoms with Crippen LogP contribution in [0.25, 0.3) is 21.7 Å². The highest BCUT2D eigenvalue weighted by atomic mass is 32.1. The monoisotopic (exact) mass is 532 g/mol. The third-order valence-corrected chi connectivity index (χ3v) is 8.08. The molecule has 1 aromatic heterocycles. The topological polar surface area (TPSA) is 69.0 Å². The van der Waals surface area contributed by atoms with Gasteiger partial charge in [-0.15, -0.1) is 11.3 Å². The summed E-state index contributed by atoms with van der Waals surface area (Å²) in [6, 6.07) is 28.4. The number of nitrogens with one attached hydrogen (secondary N) is 1. The van der Waals surface area contributed by atoms with E-state index in [0.29, 0.717) is 18.5 Å². The van der Waals surface area contributed by atoms with Crippen molar-refractivity contribution in [2.45, 2.75) is 52.2 Å². The zero-order chi connectivity index (χ0) is 27.2. The lowest BCUT2D eigenvalue weighted by Crippen LogP contribution is -2.51. The average molecular weight is 533 g/mol. The minimum Gasteiger partial charge on any atom is -0.349 e. The summed E-state index contributed by atoms with van der Waals surface area (Å²) in [5.41, 5.74) is 7.71. The average Bonchev–Trinajstić information content (AvgIpc) is 3.45. The number of nitrogens with zero attached hydrogens (tertiary/aromatic N) is 3. The van der Waals surface area contributed by atoms with Crippen molar-refractivity contribution in [3.8, 4) is 27.8 Å². The van der Waals surface area contributed by atoms with Crippen LogP contribution in [0.4, 0.5) is 0 Å². The van der Waals surface area contributed by atoms with Crippen LogP contribution >= 0.6 is 11.3 Å². The van der Waals surface area contributed by atoms with Crippen LogP contribution in [0, 0.1) is 11.3 Å². The molecule has 5 rings (SSSR count). The molecule has 5 nitrogen and oxygen atoms in total. The molecular weight excluding hydrogens is 500 g/mol. The molecule has 0 spiro atoms. The van der Waals surface area contributed by atoms with Crippen molar-refractivity contribution in [2.24, 2.45) is 0 Å². The maximum atomic E-state index is 13.3. The van der Waals surface area contributed by atoms with E-state index < -0.39 is 0 Å². The van der Waals surface area contributed by atoms with E-state index in [0.717, 1.165) is 63.5 Å². The normalized spacial score (nSPS) is 15.3. The number of thiazole rings is 1. The molecule has 1 aliphatic rings. The van der Waals surface area contributed by atoms with Crippen LogP contribution in [-0.2, 0) is 17.8 Å². The fourth-order valence-electron chi connectivity index (χ4n) is 5.05. The van der Waals surface area contributed by atoms with Crippen molar-refractivity contribution < 1.29 is 4.79 Å². The van der Waals surface area contributed by atoms with Gasteiger partial charge in [-0.3, -0.25) is 4.79 Å². The number of amides is 1. The Morgan fingerprint density at radius 1 is 1.00 bits per heavy atom. The highest BCUT2D eigenvalue weighted by Crippen LogP contribution is 2.31. The molecule has 1 N–H and O–H groups in total. The third-order valence-electron chi connectivity index (χ3n) is 7.14. The number of unbranched alkanes of at least 4 members (excludes halogenated alkanes) is 1. The zero-order valence-electron chi connectivity index (χ0n) is 22.4. The second-order valence-corrected chi connectivity index (χ2v) is 10.7. The first-order valence-corrected chi connectivity index (χ1v) is 14.3. The second kappa shape index (κ2) is 12.1. The van der Waals surface area contributed by atoms with E-state index in [2.05, 4.69) is 52.9 Å². The van der Waals surface area contributed by atoms with Gasteiger partial charge >= 0.3 is 0 Å². The molecule has 2 heterocycles. The molecule has 6 heteroatoms. The number of nitriles is 1. The molecule has 0 radical (unpaired) electrons.